The molecule has 0 aliphatic heterocycles. The van der Waals surface area contributed by atoms with E-state index in [-0.39, 0.29) is 11.0 Å². The van der Waals surface area contributed by atoms with Crippen molar-refractivity contribution in [2.75, 3.05) is 6.61 Å². The Morgan fingerprint density at radius 1 is 0.969 bits per heavy atom. The zero-order chi connectivity index (χ0) is 24.9. The van der Waals surface area contributed by atoms with Crippen molar-refractivity contribution in [1.29, 1.82) is 0 Å². The van der Waals surface area contributed by atoms with Crippen LogP contribution in [0, 0.1) is 5.92 Å². The van der Waals surface area contributed by atoms with Gasteiger partial charge in [0.05, 0.1) is 6.61 Å². The molecule has 0 aromatic carbocycles. The highest BCUT2D eigenvalue weighted by atomic mass is 28.4. The quantitative estimate of drug-likeness (QED) is 0.127. The number of ether oxygens (including phenoxy) is 1. The number of hydrogen-bond donors (Lipinski definition) is 0. The first kappa shape index (κ1) is 30.3. The maximum absolute atomic E-state index is 11.4. The van der Waals surface area contributed by atoms with Crippen molar-refractivity contribution >= 4 is 14.3 Å². The van der Waals surface area contributed by atoms with E-state index in [1.54, 1.807) is 13.0 Å². The van der Waals surface area contributed by atoms with Gasteiger partial charge in [-0.3, -0.25) is 0 Å². The molecule has 0 aliphatic rings. The van der Waals surface area contributed by atoms with Gasteiger partial charge in [0.1, 0.15) is 0 Å². The minimum Gasteiger partial charge on any atom is -0.463 e. The Kier molecular flexibility index (Phi) is 13.7. The van der Waals surface area contributed by atoms with Crippen molar-refractivity contribution in [3.8, 4) is 0 Å². The van der Waals surface area contributed by atoms with E-state index in [0.717, 1.165) is 24.0 Å². The van der Waals surface area contributed by atoms with E-state index in [1.807, 2.05) is 13.0 Å². The molecule has 0 spiro atoms. The van der Waals surface area contributed by atoms with Crippen LogP contribution < -0.4 is 0 Å². The normalized spacial score (nSPS) is 16.7. The number of hydrogen-bond acceptors (Lipinski definition) is 3. The maximum Gasteiger partial charge on any atom is 0.330 e. The Balaban J connectivity index is 4.69. The fourth-order valence-electron chi connectivity index (χ4n) is 3.04. The molecule has 0 amide bonds. The molecule has 0 aromatic heterocycles. The van der Waals surface area contributed by atoms with Crippen LogP contribution in [0.4, 0.5) is 0 Å². The van der Waals surface area contributed by atoms with Gasteiger partial charge in [0.25, 0.3) is 0 Å². The van der Waals surface area contributed by atoms with Crippen molar-refractivity contribution in [3.63, 3.8) is 0 Å². The van der Waals surface area contributed by atoms with Gasteiger partial charge in [0.15, 0.2) is 8.32 Å². The molecule has 0 aliphatic carbocycles. The Morgan fingerprint density at radius 2 is 1.59 bits per heavy atom. The van der Waals surface area contributed by atoms with Crippen LogP contribution in [0.2, 0.25) is 18.1 Å². The number of allylic oxidation sites excluding steroid dienone is 9. The highest BCUT2D eigenvalue weighted by Crippen LogP contribution is 2.37. The predicted octanol–water partition coefficient (Wildman–Crippen LogP) is 8.33. The van der Waals surface area contributed by atoms with Gasteiger partial charge in [-0.05, 0) is 71.5 Å². The molecular formula is C28H48O3Si. The van der Waals surface area contributed by atoms with Gasteiger partial charge in [-0.25, -0.2) is 4.79 Å². The second-order valence-electron chi connectivity index (χ2n) is 10.5. The monoisotopic (exact) mass is 460 g/mol. The molecular weight excluding hydrogens is 412 g/mol. The lowest BCUT2D eigenvalue weighted by atomic mass is 9.99. The summed E-state index contributed by atoms with van der Waals surface area (Å²) in [6, 6.07) is 0. The molecule has 3 nitrogen and oxygen atoms in total. The Labute approximate surface area is 199 Å². The first-order valence-corrected chi connectivity index (χ1v) is 14.8. The fraction of sp³-hybridized carbons (Fsp3) is 0.607. The fourth-order valence-corrected chi connectivity index (χ4v) is 4.50. The molecule has 0 aromatic rings. The summed E-state index contributed by atoms with van der Waals surface area (Å²) >= 11 is 0. The molecule has 0 bridgehead atoms. The largest absolute Gasteiger partial charge is 0.463 e. The Bertz CT molecular complexity index is 730. The van der Waals surface area contributed by atoms with E-state index in [4.69, 9.17) is 9.16 Å². The minimum absolute atomic E-state index is 0.252. The molecule has 0 unspecified atom stereocenters. The third-order valence-electron chi connectivity index (χ3n) is 5.82. The van der Waals surface area contributed by atoms with E-state index in [1.165, 1.54) is 11.6 Å². The minimum atomic E-state index is -1.70. The maximum atomic E-state index is 11.4. The van der Waals surface area contributed by atoms with Crippen LogP contribution in [0.1, 0.15) is 75.2 Å². The molecule has 0 fully saturated rings. The zero-order valence-corrected chi connectivity index (χ0v) is 23.5. The SMILES string of the molecule is CCOC(=O)/C=C/C(C)=C/C(C)=C/C=C/C(C)=C/C[C@@H](C)C[C@H](C)O[Si](C)(C)C(C)(C)C. The Morgan fingerprint density at radius 3 is 2.16 bits per heavy atom. The summed E-state index contributed by atoms with van der Waals surface area (Å²) in [5.74, 6) is 0.282. The van der Waals surface area contributed by atoms with Crippen molar-refractivity contribution in [2.45, 2.75) is 99.4 Å². The summed E-state index contributed by atoms with van der Waals surface area (Å²) in [6.07, 6.45) is 16.3. The average molecular weight is 461 g/mol. The highest BCUT2D eigenvalue weighted by Gasteiger charge is 2.38. The van der Waals surface area contributed by atoms with E-state index >= 15 is 0 Å². The van der Waals surface area contributed by atoms with Crippen molar-refractivity contribution in [3.05, 3.63) is 59.3 Å². The highest BCUT2D eigenvalue weighted by molar-refractivity contribution is 6.74. The van der Waals surface area contributed by atoms with Crippen LogP contribution in [0.15, 0.2) is 59.3 Å². The van der Waals surface area contributed by atoms with Crippen LogP contribution in [-0.4, -0.2) is 27.0 Å². The molecule has 4 heteroatoms. The van der Waals surface area contributed by atoms with E-state index < -0.39 is 8.32 Å². The molecule has 0 N–H and O–H groups in total. The van der Waals surface area contributed by atoms with Gasteiger partial charge in [-0.15, -0.1) is 0 Å². The number of carbonyl (C=O) groups is 1. The van der Waals surface area contributed by atoms with Gasteiger partial charge >= 0.3 is 5.97 Å². The molecule has 0 saturated heterocycles. The Hall–Kier alpha value is -1.65. The molecule has 32 heavy (non-hydrogen) atoms. The molecule has 0 radical (unpaired) electrons. The lowest BCUT2D eigenvalue weighted by Gasteiger charge is -2.39. The second kappa shape index (κ2) is 14.5. The van der Waals surface area contributed by atoms with Crippen LogP contribution in [0.25, 0.3) is 0 Å². The lowest BCUT2D eigenvalue weighted by Crippen LogP contribution is -2.43. The van der Waals surface area contributed by atoms with Crippen molar-refractivity contribution in [2.24, 2.45) is 5.92 Å². The first-order chi connectivity index (χ1) is 14.7. The topological polar surface area (TPSA) is 35.5 Å². The summed E-state index contributed by atoms with van der Waals surface area (Å²) in [7, 11) is -1.70. The number of rotatable bonds is 12. The van der Waals surface area contributed by atoms with E-state index in [2.05, 4.69) is 85.9 Å². The van der Waals surface area contributed by atoms with Crippen LogP contribution in [0.3, 0.4) is 0 Å². The van der Waals surface area contributed by atoms with Crippen LogP contribution in [-0.2, 0) is 14.0 Å². The zero-order valence-electron chi connectivity index (χ0n) is 22.5. The van der Waals surface area contributed by atoms with Gasteiger partial charge in [-0.2, -0.15) is 0 Å². The van der Waals surface area contributed by atoms with Crippen LogP contribution >= 0.6 is 0 Å². The smallest absolute Gasteiger partial charge is 0.330 e. The molecule has 2 atom stereocenters. The van der Waals surface area contributed by atoms with E-state index in [0.29, 0.717) is 18.6 Å². The van der Waals surface area contributed by atoms with Gasteiger partial charge in [0, 0.05) is 12.2 Å². The van der Waals surface area contributed by atoms with Gasteiger partial charge in [0.2, 0.25) is 0 Å². The predicted molar refractivity (Wildman–Crippen MR) is 142 cm³/mol. The van der Waals surface area contributed by atoms with E-state index in [9.17, 15) is 4.79 Å². The molecule has 182 valence electrons. The van der Waals surface area contributed by atoms with Crippen molar-refractivity contribution < 1.29 is 14.0 Å². The molecule has 0 rings (SSSR count). The molecule has 0 saturated carbocycles. The van der Waals surface area contributed by atoms with Gasteiger partial charge in [-0.1, -0.05) is 80.9 Å². The number of carbonyl (C=O) groups excluding carboxylic acids is 1. The summed E-state index contributed by atoms with van der Waals surface area (Å²) in [6.45, 7) is 24.4. The summed E-state index contributed by atoms with van der Waals surface area (Å²) in [5, 5.41) is 0.252. The van der Waals surface area contributed by atoms with Crippen molar-refractivity contribution in [1.82, 2.24) is 0 Å². The molecule has 0 heterocycles. The lowest BCUT2D eigenvalue weighted by molar-refractivity contribution is -0.137. The third-order valence-corrected chi connectivity index (χ3v) is 10.4. The standard InChI is InChI=1S/C28H48O3Si/c1-12-30-27(29)19-18-24(4)20-23(3)15-13-14-22(2)16-17-25(5)21-26(6)31-32(10,11)28(7,8)9/h13-16,18-20,25-26H,12,17,21H2,1-11H3/b14-13+,19-18+,22-16+,23-15+,24-20+/t25-,26+/m1/s1. The first-order valence-electron chi connectivity index (χ1n) is 11.9. The summed E-state index contributed by atoms with van der Waals surface area (Å²) in [4.78, 5) is 11.4. The van der Waals surface area contributed by atoms with Crippen LogP contribution in [0.5, 0.6) is 0 Å². The summed E-state index contributed by atoms with van der Waals surface area (Å²) in [5.41, 5.74) is 3.40. The average Bonchev–Trinajstić information content (AvgIpc) is 2.63. The third kappa shape index (κ3) is 13.7. The number of esters is 1. The van der Waals surface area contributed by atoms with Gasteiger partial charge < -0.3 is 9.16 Å². The second-order valence-corrected chi connectivity index (χ2v) is 15.2. The summed E-state index contributed by atoms with van der Waals surface area (Å²) < 4.78 is 11.4.